The zero-order chi connectivity index (χ0) is 14.3. The molecular weight excluding hydrogens is 264 g/mol. The average Bonchev–Trinajstić information content (AvgIpc) is 2.75. The maximum atomic E-state index is 12.1. The van der Waals surface area contributed by atoms with Crippen LogP contribution in [0.5, 0.6) is 0 Å². The molecule has 0 spiro atoms. The summed E-state index contributed by atoms with van der Waals surface area (Å²) in [6.07, 6.45) is 3.57. The van der Waals surface area contributed by atoms with Gasteiger partial charge in [0, 0.05) is 11.3 Å². The van der Waals surface area contributed by atoms with E-state index in [1.807, 2.05) is 0 Å². The summed E-state index contributed by atoms with van der Waals surface area (Å²) in [4.78, 5) is 26.7. The number of nitrogens with zero attached hydrogens (tertiary/aromatic N) is 1. The van der Waals surface area contributed by atoms with E-state index in [4.69, 9.17) is 5.11 Å². The number of aromatic nitrogens is 1. The maximum absolute atomic E-state index is 12.1. The van der Waals surface area contributed by atoms with Crippen molar-refractivity contribution in [2.75, 3.05) is 5.32 Å². The molecule has 1 rings (SSSR count). The number of amides is 1. The zero-order valence-corrected chi connectivity index (χ0v) is 12.1. The van der Waals surface area contributed by atoms with Crippen molar-refractivity contribution < 1.29 is 14.7 Å². The summed E-state index contributed by atoms with van der Waals surface area (Å²) in [5, 5.41) is 13.6. The summed E-state index contributed by atoms with van der Waals surface area (Å²) in [6.45, 7) is 4.12. The molecule has 0 fully saturated rings. The molecule has 1 heterocycles. The number of carboxylic acid groups (broad SMARTS) is 1. The molecule has 0 aromatic carbocycles. The van der Waals surface area contributed by atoms with E-state index < -0.39 is 5.97 Å². The number of nitrogens with one attached hydrogen (secondary N) is 1. The highest BCUT2D eigenvalue weighted by molar-refractivity contribution is 7.13. The van der Waals surface area contributed by atoms with Crippen LogP contribution in [0.3, 0.4) is 0 Å². The van der Waals surface area contributed by atoms with E-state index in [9.17, 15) is 9.59 Å². The number of carboxylic acids is 1. The van der Waals surface area contributed by atoms with Crippen LogP contribution >= 0.6 is 11.3 Å². The Morgan fingerprint density at radius 3 is 2.53 bits per heavy atom. The van der Waals surface area contributed by atoms with Gasteiger partial charge in [0.2, 0.25) is 5.91 Å². The predicted molar refractivity (Wildman–Crippen MR) is 75.4 cm³/mol. The number of carbonyl (C=O) groups is 2. The average molecular weight is 284 g/mol. The SMILES string of the molecule is CCCC(CCC)C(=O)Nc1nc(CC(=O)O)cs1. The van der Waals surface area contributed by atoms with Crippen molar-refractivity contribution in [1.29, 1.82) is 0 Å². The highest BCUT2D eigenvalue weighted by Gasteiger charge is 2.18. The Morgan fingerprint density at radius 2 is 2.00 bits per heavy atom. The van der Waals surface area contributed by atoms with Crippen molar-refractivity contribution in [3.8, 4) is 0 Å². The minimum absolute atomic E-state index is 0.0140. The van der Waals surface area contributed by atoms with Gasteiger partial charge in [-0.2, -0.15) is 0 Å². The van der Waals surface area contributed by atoms with Gasteiger partial charge in [-0.25, -0.2) is 4.98 Å². The van der Waals surface area contributed by atoms with Crippen LogP contribution < -0.4 is 5.32 Å². The van der Waals surface area contributed by atoms with E-state index in [-0.39, 0.29) is 18.2 Å². The van der Waals surface area contributed by atoms with Crippen molar-refractivity contribution >= 4 is 28.3 Å². The van der Waals surface area contributed by atoms with Crippen LogP contribution in [0.25, 0.3) is 0 Å². The topological polar surface area (TPSA) is 79.3 Å². The van der Waals surface area contributed by atoms with Crippen LogP contribution in [0.15, 0.2) is 5.38 Å². The fourth-order valence-electron chi connectivity index (χ4n) is 1.91. The first-order valence-electron chi connectivity index (χ1n) is 6.53. The number of aliphatic carboxylic acids is 1. The molecule has 1 aromatic rings. The molecule has 0 bridgehead atoms. The van der Waals surface area contributed by atoms with Crippen LogP contribution in [-0.2, 0) is 16.0 Å². The highest BCUT2D eigenvalue weighted by Crippen LogP contribution is 2.20. The quantitative estimate of drug-likeness (QED) is 0.769. The molecular formula is C13H20N2O3S. The Bertz CT molecular complexity index is 425. The molecule has 0 aliphatic rings. The summed E-state index contributed by atoms with van der Waals surface area (Å²) in [5.74, 6) is -0.917. The predicted octanol–water partition coefficient (Wildman–Crippen LogP) is 2.93. The van der Waals surface area contributed by atoms with Crippen LogP contribution in [-0.4, -0.2) is 22.0 Å². The molecule has 0 saturated carbocycles. The lowest BCUT2D eigenvalue weighted by atomic mass is 9.97. The third-order valence-corrected chi connectivity index (χ3v) is 3.57. The molecule has 0 saturated heterocycles. The van der Waals surface area contributed by atoms with E-state index in [0.717, 1.165) is 25.7 Å². The number of rotatable bonds is 8. The van der Waals surface area contributed by atoms with E-state index in [2.05, 4.69) is 24.1 Å². The molecule has 0 aliphatic heterocycles. The molecule has 6 heteroatoms. The van der Waals surface area contributed by atoms with Crippen molar-refractivity contribution in [3.05, 3.63) is 11.1 Å². The maximum Gasteiger partial charge on any atom is 0.309 e. The monoisotopic (exact) mass is 284 g/mol. The highest BCUT2D eigenvalue weighted by atomic mass is 32.1. The smallest absolute Gasteiger partial charge is 0.309 e. The molecule has 106 valence electrons. The van der Waals surface area contributed by atoms with Crippen LogP contribution in [0.1, 0.15) is 45.2 Å². The molecule has 5 nitrogen and oxygen atoms in total. The molecule has 0 aliphatic carbocycles. The largest absolute Gasteiger partial charge is 0.481 e. The molecule has 0 unspecified atom stereocenters. The third kappa shape index (κ3) is 5.38. The Kier molecular flexibility index (Phi) is 6.49. The minimum atomic E-state index is -0.919. The Labute approximate surface area is 117 Å². The Morgan fingerprint density at radius 1 is 1.37 bits per heavy atom. The van der Waals surface area contributed by atoms with Gasteiger partial charge in [0.25, 0.3) is 0 Å². The fraction of sp³-hybridized carbons (Fsp3) is 0.615. The van der Waals surface area contributed by atoms with Crippen molar-refractivity contribution in [2.45, 2.75) is 46.0 Å². The van der Waals surface area contributed by atoms with Gasteiger partial charge < -0.3 is 10.4 Å². The van der Waals surface area contributed by atoms with Crippen LogP contribution in [0, 0.1) is 5.92 Å². The number of anilines is 1. The van der Waals surface area contributed by atoms with Gasteiger partial charge in [-0.15, -0.1) is 11.3 Å². The van der Waals surface area contributed by atoms with Gasteiger partial charge in [-0.3, -0.25) is 9.59 Å². The fourth-order valence-corrected chi connectivity index (χ4v) is 2.62. The molecule has 0 radical (unpaired) electrons. The standard InChI is InChI=1S/C13H20N2O3S/c1-3-5-9(6-4-2)12(18)15-13-14-10(8-19-13)7-11(16)17/h8-9H,3-7H2,1-2H3,(H,16,17)(H,14,15,18). The van der Waals surface area contributed by atoms with Crippen molar-refractivity contribution in [1.82, 2.24) is 4.98 Å². The Balaban J connectivity index is 2.59. The van der Waals surface area contributed by atoms with Gasteiger partial charge in [0.05, 0.1) is 12.1 Å². The lowest BCUT2D eigenvalue weighted by Crippen LogP contribution is -2.22. The summed E-state index contributed by atoms with van der Waals surface area (Å²) in [6, 6.07) is 0. The summed E-state index contributed by atoms with van der Waals surface area (Å²) in [5.41, 5.74) is 0.482. The molecule has 0 atom stereocenters. The summed E-state index contributed by atoms with van der Waals surface area (Å²) >= 11 is 1.27. The second kappa shape index (κ2) is 7.89. The summed E-state index contributed by atoms with van der Waals surface area (Å²) in [7, 11) is 0. The van der Waals surface area contributed by atoms with Gasteiger partial charge in [0.15, 0.2) is 5.13 Å². The Hall–Kier alpha value is -1.43. The summed E-state index contributed by atoms with van der Waals surface area (Å²) < 4.78 is 0. The minimum Gasteiger partial charge on any atom is -0.481 e. The van der Waals surface area contributed by atoms with Gasteiger partial charge in [-0.05, 0) is 12.8 Å². The zero-order valence-electron chi connectivity index (χ0n) is 11.3. The van der Waals surface area contributed by atoms with Crippen LogP contribution in [0.4, 0.5) is 5.13 Å². The van der Waals surface area contributed by atoms with E-state index in [0.29, 0.717) is 10.8 Å². The van der Waals surface area contributed by atoms with Gasteiger partial charge in [0.1, 0.15) is 0 Å². The second-order valence-electron chi connectivity index (χ2n) is 4.48. The second-order valence-corrected chi connectivity index (χ2v) is 5.34. The number of hydrogen-bond acceptors (Lipinski definition) is 4. The third-order valence-electron chi connectivity index (χ3n) is 2.76. The first-order chi connectivity index (χ1) is 9.06. The first-order valence-corrected chi connectivity index (χ1v) is 7.41. The lowest BCUT2D eigenvalue weighted by molar-refractivity contribution is -0.136. The first kappa shape index (κ1) is 15.6. The van der Waals surface area contributed by atoms with Gasteiger partial charge >= 0.3 is 5.97 Å². The molecule has 19 heavy (non-hydrogen) atoms. The van der Waals surface area contributed by atoms with Gasteiger partial charge in [-0.1, -0.05) is 26.7 Å². The number of thiazole rings is 1. The van der Waals surface area contributed by atoms with E-state index >= 15 is 0 Å². The van der Waals surface area contributed by atoms with Crippen LogP contribution in [0.2, 0.25) is 0 Å². The molecule has 1 amide bonds. The molecule has 2 N–H and O–H groups in total. The van der Waals surface area contributed by atoms with E-state index in [1.54, 1.807) is 5.38 Å². The molecule has 1 aromatic heterocycles. The lowest BCUT2D eigenvalue weighted by Gasteiger charge is -2.13. The normalized spacial score (nSPS) is 10.7. The van der Waals surface area contributed by atoms with E-state index in [1.165, 1.54) is 11.3 Å². The van der Waals surface area contributed by atoms with Crippen molar-refractivity contribution in [3.63, 3.8) is 0 Å². The number of hydrogen-bond donors (Lipinski definition) is 2. The van der Waals surface area contributed by atoms with Crippen molar-refractivity contribution in [2.24, 2.45) is 5.92 Å². The number of carbonyl (C=O) groups excluding carboxylic acids is 1.